The van der Waals surface area contributed by atoms with E-state index in [0.717, 1.165) is 23.2 Å². The molecule has 4 nitrogen and oxygen atoms in total. The minimum Gasteiger partial charge on any atom is -0.485 e. The van der Waals surface area contributed by atoms with Crippen molar-refractivity contribution < 1.29 is 17.9 Å². The van der Waals surface area contributed by atoms with Gasteiger partial charge in [0.05, 0.1) is 16.8 Å². The summed E-state index contributed by atoms with van der Waals surface area (Å²) in [4.78, 5) is 11.3. The van der Waals surface area contributed by atoms with E-state index in [2.05, 4.69) is 15.0 Å². The van der Waals surface area contributed by atoms with E-state index in [1.54, 1.807) is 18.3 Å². The molecule has 0 spiro atoms. The highest BCUT2D eigenvalue weighted by atomic mass is 19.4. The van der Waals surface area contributed by atoms with E-state index in [9.17, 15) is 13.2 Å². The number of ether oxygens (including phenoxy) is 1. The maximum atomic E-state index is 12.8. The van der Waals surface area contributed by atoms with Crippen LogP contribution in [0.25, 0.3) is 22.2 Å². The van der Waals surface area contributed by atoms with Crippen LogP contribution in [0.5, 0.6) is 5.75 Å². The zero-order valence-corrected chi connectivity index (χ0v) is 14.9. The summed E-state index contributed by atoms with van der Waals surface area (Å²) in [6.45, 7) is 1.93. The van der Waals surface area contributed by atoms with Crippen molar-refractivity contribution >= 4 is 10.9 Å². The normalized spacial score (nSPS) is 12.9. The van der Waals surface area contributed by atoms with Gasteiger partial charge in [-0.25, -0.2) is 0 Å². The highest BCUT2D eigenvalue weighted by molar-refractivity contribution is 5.89. The van der Waals surface area contributed by atoms with Crippen LogP contribution < -0.4 is 4.74 Å². The maximum absolute atomic E-state index is 12.8. The monoisotopic (exact) mass is 383 g/mol. The van der Waals surface area contributed by atoms with E-state index in [0.29, 0.717) is 22.5 Å². The van der Waals surface area contributed by atoms with Gasteiger partial charge in [-0.05, 0) is 49.4 Å². The lowest BCUT2D eigenvalue weighted by Gasteiger charge is -2.16. The third-order valence-corrected chi connectivity index (χ3v) is 4.46. The Morgan fingerprint density at radius 3 is 2.61 bits per heavy atom. The van der Waals surface area contributed by atoms with Crippen molar-refractivity contribution in [3.05, 3.63) is 78.4 Å². The standard InChI is InChI=1S/C21H16F3N3O/c1-13(14-6-8-25-11-14)28-20-10-15(9-19-17(20)3-2-7-26-19)18-5-4-16(12-27-18)21(22,23)24/h2-13,25H,1H3/t13-/m1/s1. The highest BCUT2D eigenvalue weighted by Crippen LogP contribution is 2.35. The Hall–Kier alpha value is -3.35. The molecule has 3 heterocycles. The number of aromatic amines is 1. The molecule has 142 valence electrons. The van der Waals surface area contributed by atoms with Gasteiger partial charge >= 0.3 is 6.18 Å². The van der Waals surface area contributed by atoms with Gasteiger partial charge in [-0.15, -0.1) is 0 Å². The van der Waals surface area contributed by atoms with Gasteiger partial charge < -0.3 is 9.72 Å². The molecule has 4 rings (SSSR count). The average molecular weight is 383 g/mol. The lowest BCUT2D eigenvalue weighted by Crippen LogP contribution is -2.05. The molecule has 0 saturated carbocycles. The molecule has 28 heavy (non-hydrogen) atoms. The van der Waals surface area contributed by atoms with Crippen LogP contribution in [0.15, 0.2) is 67.3 Å². The quantitative estimate of drug-likeness (QED) is 0.486. The molecule has 7 heteroatoms. The fraction of sp³-hybridized carbons (Fsp3) is 0.143. The highest BCUT2D eigenvalue weighted by Gasteiger charge is 2.30. The third kappa shape index (κ3) is 3.55. The zero-order valence-electron chi connectivity index (χ0n) is 14.9. The van der Waals surface area contributed by atoms with Crippen LogP contribution in [0.3, 0.4) is 0 Å². The molecule has 0 radical (unpaired) electrons. The van der Waals surface area contributed by atoms with Crippen molar-refractivity contribution in [2.45, 2.75) is 19.2 Å². The zero-order chi connectivity index (χ0) is 19.7. The Labute approximate surface area is 159 Å². The number of hydrogen-bond donors (Lipinski definition) is 1. The number of nitrogens with one attached hydrogen (secondary N) is 1. The van der Waals surface area contributed by atoms with E-state index in [4.69, 9.17) is 4.74 Å². The van der Waals surface area contributed by atoms with Crippen molar-refractivity contribution in [1.29, 1.82) is 0 Å². The summed E-state index contributed by atoms with van der Waals surface area (Å²) in [6, 6.07) is 11.6. The number of nitrogens with zero attached hydrogens (tertiary/aromatic N) is 2. The SMILES string of the molecule is C[C@@H](Oc1cc(-c2ccc(C(F)(F)F)cn2)cc2ncccc12)c1cc[nH]c1. The Morgan fingerprint density at radius 2 is 1.93 bits per heavy atom. The largest absolute Gasteiger partial charge is 0.485 e. The van der Waals surface area contributed by atoms with Gasteiger partial charge in [0.1, 0.15) is 11.9 Å². The first-order valence-electron chi connectivity index (χ1n) is 8.63. The Morgan fingerprint density at radius 1 is 1.07 bits per heavy atom. The van der Waals surface area contributed by atoms with Crippen LogP contribution in [0.4, 0.5) is 13.2 Å². The number of aromatic nitrogens is 3. The second kappa shape index (κ2) is 6.99. The number of halogens is 3. The Bertz CT molecular complexity index is 1090. The van der Waals surface area contributed by atoms with E-state index < -0.39 is 11.7 Å². The topological polar surface area (TPSA) is 50.8 Å². The summed E-state index contributed by atoms with van der Waals surface area (Å²) in [5, 5.41) is 0.820. The third-order valence-electron chi connectivity index (χ3n) is 4.46. The van der Waals surface area contributed by atoms with Crippen LogP contribution in [0, 0.1) is 0 Å². The second-order valence-electron chi connectivity index (χ2n) is 6.38. The molecule has 0 aliphatic carbocycles. The molecule has 0 unspecified atom stereocenters. The molecule has 4 aromatic rings. The van der Waals surface area contributed by atoms with Gasteiger partial charge in [-0.1, -0.05) is 0 Å². The van der Waals surface area contributed by atoms with Crippen LogP contribution in [-0.4, -0.2) is 15.0 Å². The van der Waals surface area contributed by atoms with Gasteiger partial charge in [0.15, 0.2) is 0 Å². The summed E-state index contributed by atoms with van der Waals surface area (Å²) in [5.41, 5.74) is 1.93. The lowest BCUT2D eigenvalue weighted by molar-refractivity contribution is -0.137. The summed E-state index contributed by atoms with van der Waals surface area (Å²) in [5.74, 6) is 0.594. The second-order valence-corrected chi connectivity index (χ2v) is 6.38. The molecule has 1 aromatic carbocycles. The molecule has 1 N–H and O–H groups in total. The molecular weight excluding hydrogens is 367 g/mol. The Balaban J connectivity index is 1.75. The van der Waals surface area contributed by atoms with Gasteiger partial charge in [-0.2, -0.15) is 13.2 Å². The van der Waals surface area contributed by atoms with E-state index in [1.807, 2.05) is 37.5 Å². The predicted octanol–water partition coefficient (Wildman–Crippen LogP) is 5.78. The minimum absolute atomic E-state index is 0.217. The van der Waals surface area contributed by atoms with Crippen molar-refractivity contribution in [3.8, 4) is 17.0 Å². The smallest absolute Gasteiger partial charge is 0.417 e. The van der Waals surface area contributed by atoms with Crippen LogP contribution >= 0.6 is 0 Å². The van der Waals surface area contributed by atoms with Crippen LogP contribution in [0.1, 0.15) is 24.2 Å². The first-order valence-corrected chi connectivity index (χ1v) is 8.63. The summed E-state index contributed by atoms with van der Waals surface area (Å²) in [7, 11) is 0. The molecular formula is C21H16F3N3O. The molecule has 0 amide bonds. The molecule has 0 saturated heterocycles. The molecule has 0 aliphatic rings. The fourth-order valence-electron chi connectivity index (χ4n) is 2.97. The van der Waals surface area contributed by atoms with Crippen molar-refractivity contribution in [1.82, 2.24) is 15.0 Å². The molecule has 0 aliphatic heterocycles. The van der Waals surface area contributed by atoms with Crippen molar-refractivity contribution in [2.75, 3.05) is 0 Å². The predicted molar refractivity (Wildman–Crippen MR) is 99.8 cm³/mol. The van der Waals surface area contributed by atoms with Crippen molar-refractivity contribution in [2.24, 2.45) is 0 Å². The van der Waals surface area contributed by atoms with E-state index in [1.165, 1.54) is 6.07 Å². The van der Waals surface area contributed by atoms with Gasteiger partial charge in [-0.3, -0.25) is 9.97 Å². The number of benzene rings is 1. The Kier molecular flexibility index (Phi) is 4.50. The summed E-state index contributed by atoms with van der Waals surface area (Å²) < 4.78 is 44.5. The lowest BCUT2D eigenvalue weighted by atomic mass is 10.1. The minimum atomic E-state index is -4.42. The van der Waals surface area contributed by atoms with Crippen molar-refractivity contribution in [3.63, 3.8) is 0 Å². The number of rotatable bonds is 4. The van der Waals surface area contributed by atoms with Crippen LogP contribution in [-0.2, 0) is 6.18 Å². The molecule has 1 atom stereocenters. The first kappa shape index (κ1) is 18.0. The summed E-state index contributed by atoms with van der Waals surface area (Å²) in [6.07, 6.45) is 1.53. The fourth-order valence-corrected chi connectivity index (χ4v) is 2.97. The maximum Gasteiger partial charge on any atom is 0.417 e. The average Bonchev–Trinajstić information content (AvgIpc) is 3.22. The molecule has 0 bridgehead atoms. The number of pyridine rings is 2. The number of H-pyrrole nitrogens is 1. The van der Waals surface area contributed by atoms with Crippen LogP contribution in [0.2, 0.25) is 0 Å². The van der Waals surface area contributed by atoms with Gasteiger partial charge in [0.25, 0.3) is 0 Å². The first-order chi connectivity index (χ1) is 13.4. The van der Waals surface area contributed by atoms with Gasteiger partial charge in [0.2, 0.25) is 0 Å². The van der Waals surface area contributed by atoms with E-state index >= 15 is 0 Å². The number of alkyl halides is 3. The van der Waals surface area contributed by atoms with Gasteiger partial charge in [0, 0.05) is 41.3 Å². The van der Waals surface area contributed by atoms with E-state index in [-0.39, 0.29) is 6.10 Å². The summed E-state index contributed by atoms with van der Waals surface area (Å²) >= 11 is 0. The molecule has 3 aromatic heterocycles. The number of fused-ring (bicyclic) bond motifs is 1. The number of hydrogen-bond acceptors (Lipinski definition) is 3. The molecule has 0 fully saturated rings.